The maximum atomic E-state index is 13.3. The predicted octanol–water partition coefficient (Wildman–Crippen LogP) is 1.02. The van der Waals surface area contributed by atoms with Gasteiger partial charge in [0.2, 0.25) is 16.8 Å². The summed E-state index contributed by atoms with van der Waals surface area (Å²) in [6.07, 6.45) is 0. The van der Waals surface area contributed by atoms with E-state index in [-0.39, 0.29) is 31.4 Å². The van der Waals surface area contributed by atoms with Crippen LogP contribution in [0.3, 0.4) is 0 Å². The number of carbonyl (C=O) groups excluding carboxylic acids is 2. The number of hydrogen-bond donors (Lipinski definition) is 1. The average molecular weight is 498 g/mol. The van der Waals surface area contributed by atoms with Gasteiger partial charge in [-0.3, -0.25) is 9.69 Å². The minimum atomic E-state index is -3.70. The number of nitriles is 1. The summed E-state index contributed by atoms with van der Waals surface area (Å²) < 4.78 is 38.0. The number of ether oxygens (including phenoxy) is 2. The van der Waals surface area contributed by atoms with Crippen LogP contribution in [0.5, 0.6) is 11.5 Å². The van der Waals surface area contributed by atoms with Crippen LogP contribution < -0.4 is 14.8 Å². The molecule has 2 saturated heterocycles. The van der Waals surface area contributed by atoms with Gasteiger partial charge in [0.05, 0.1) is 23.2 Å². The Hall–Kier alpha value is -3.66. The molecule has 3 heterocycles. The molecule has 0 aliphatic carbocycles. The first-order valence-corrected chi connectivity index (χ1v) is 12.4. The summed E-state index contributed by atoms with van der Waals surface area (Å²) in [7, 11) is -3.70. The first-order valence-electron chi connectivity index (χ1n) is 11.0. The van der Waals surface area contributed by atoms with Gasteiger partial charge < -0.3 is 14.8 Å². The Balaban J connectivity index is 1.24. The van der Waals surface area contributed by atoms with Crippen molar-refractivity contribution in [2.45, 2.75) is 17.4 Å². The monoisotopic (exact) mass is 497 g/mol. The molecule has 35 heavy (non-hydrogen) atoms. The van der Waals surface area contributed by atoms with Crippen molar-refractivity contribution >= 4 is 22.0 Å². The molecule has 1 atom stereocenters. The van der Waals surface area contributed by atoms with Crippen molar-refractivity contribution < 1.29 is 27.5 Å². The van der Waals surface area contributed by atoms with E-state index in [9.17, 15) is 18.0 Å². The lowest BCUT2D eigenvalue weighted by Gasteiger charge is -2.35. The van der Waals surface area contributed by atoms with Crippen molar-refractivity contribution in [3.63, 3.8) is 0 Å². The third-order valence-corrected chi connectivity index (χ3v) is 8.43. The number of nitrogens with one attached hydrogen (secondary N) is 1. The van der Waals surface area contributed by atoms with E-state index in [1.54, 1.807) is 25.1 Å². The van der Waals surface area contributed by atoms with Crippen LogP contribution >= 0.6 is 0 Å². The van der Waals surface area contributed by atoms with Gasteiger partial charge in [-0.05, 0) is 48.9 Å². The highest BCUT2D eigenvalue weighted by molar-refractivity contribution is 7.89. The number of sulfonamides is 1. The highest BCUT2D eigenvalue weighted by atomic mass is 32.2. The van der Waals surface area contributed by atoms with Crippen molar-refractivity contribution in [3.05, 3.63) is 53.6 Å². The van der Waals surface area contributed by atoms with E-state index >= 15 is 0 Å². The maximum absolute atomic E-state index is 13.3. The quantitative estimate of drug-likeness (QED) is 0.606. The molecule has 3 aliphatic rings. The molecule has 182 valence electrons. The van der Waals surface area contributed by atoms with E-state index in [1.807, 2.05) is 11.0 Å². The average Bonchev–Trinajstić information content (AvgIpc) is 3.42. The lowest BCUT2D eigenvalue weighted by molar-refractivity contribution is -0.132. The van der Waals surface area contributed by atoms with E-state index in [2.05, 4.69) is 5.32 Å². The number of hydrogen-bond acceptors (Lipinski definition) is 8. The molecule has 5 rings (SSSR count). The van der Waals surface area contributed by atoms with E-state index in [1.165, 1.54) is 28.6 Å². The van der Waals surface area contributed by atoms with Gasteiger partial charge in [0.25, 0.3) is 5.91 Å². The van der Waals surface area contributed by atoms with Crippen LogP contribution in [0.15, 0.2) is 47.4 Å². The number of piperazine rings is 1. The molecule has 1 unspecified atom stereocenters. The Bertz CT molecular complexity index is 1330. The van der Waals surface area contributed by atoms with Crippen molar-refractivity contribution in [1.82, 2.24) is 19.4 Å². The first kappa shape index (κ1) is 23.1. The summed E-state index contributed by atoms with van der Waals surface area (Å²) in [5, 5.41) is 11.7. The smallest absolute Gasteiger partial charge is 0.326 e. The van der Waals surface area contributed by atoms with Crippen LogP contribution in [0.4, 0.5) is 4.79 Å². The molecular weight excluding hydrogens is 474 g/mol. The topological polar surface area (TPSA) is 132 Å². The maximum Gasteiger partial charge on any atom is 0.326 e. The molecule has 2 fully saturated rings. The fraction of sp³-hybridized carbons (Fsp3) is 0.348. The minimum absolute atomic E-state index is 0.0512. The van der Waals surface area contributed by atoms with Gasteiger partial charge in [-0.25, -0.2) is 18.1 Å². The SMILES string of the molecule is CC1(c2ccc3c(c2)OCO3)NC(=O)N(CN2CCN(S(=O)(=O)c3ccc(C#N)cc3)CC2)C1=O. The number of nitrogens with zero attached hydrogens (tertiary/aromatic N) is 4. The Morgan fingerprint density at radius 1 is 1.03 bits per heavy atom. The van der Waals surface area contributed by atoms with Crippen molar-refractivity contribution in [2.75, 3.05) is 39.6 Å². The van der Waals surface area contributed by atoms with Crippen LogP contribution in [-0.4, -0.2) is 74.1 Å². The number of carbonyl (C=O) groups is 2. The number of amides is 3. The summed E-state index contributed by atoms with van der Waals surface area (Å²) in [5.41, 5.74) is -0.283. The standard InChI is InChI=1S/C23H23N5O6S/c1-23(17-4-7-19-20(12-17)34-15-33-19)21(29)28(22(30)25-23)14-26-8-10-27(11-9-26)35(31,32)18-5-2-16(13-24)3-6-18/h2-7,12H,8-11,14-15H2,1H3,(H,25,30). The van der Waals surface area contributed by atoms with Gasteiger partial charge in [-0.1, -0.05) is 6.07 Å². The molecule has 0 aromatic heterocycles. The molecule has 0 saturated carbocycles. The van der Waals surface area contributed by atoms with Gasteiger partial charge in [-0.15, -0.1) is 0 Å². The highest BCUT2D eigenvalue weighted by Gasteiger charge is 2.50. The molecular formula is C23H23N5O6S. The molecule has 1 N–H and O–H groups in total. The Morgan fingerprint density at radius 3 is 2.40 bits per heavy atom. The molecule has 0 bridgehead atoms. The fourth-order valence-corrected chi connectivity index (χ4v) is 5.81. The Kier molecular flexibility index (Phi) is 5.63. The second-order valence-electron chi connectivity index (χ2n) is 8.66. The van der Waals surface area contributed by atoms with Gasteiger partial charge >= 0.3 is 6.03 Å². The summed E-state index contributed by atoms with van der Waals surface area (Å²) >= 11 is 0. The highest BCUT2D eigenvalue weighted by Crippen LogP contribution is 2.38. The van der Waals surface area contributed by atoms with Crippen molar-refractivity contribution in [2.24, 2.45) is 0 Å². The zero-order valence-electron chi connectivity index (χ0n) is 18.9. The molecule has 11 nitrogen and oxygen atoms in total. The van der Waals surface area contributed by atoms with Crippen LogP contribution in [0.1, 0.15) is 18.1 Å². The number of benzene rings is 2. The molecule has 3 amide bonds. The summed E-state index contributed by atoms with van der Waals surface area (Å²) in [6.45, 7) is 2.94. The lowest BCUT2D eigenvalue weighted by Crippen LogP contribution is -2.52. The molecule has 3 aliphatic heterocycles. The van der Waals surface area contributed by atoms with Gasteiger partial charge in [0.15, 0.2) is 11.5 Å². The van der Waals surface area contributed by atoms with Crippen molar-refractivity contribution in [1.29, 1.82) is 5.26 Å². The predicted molar refractivity (Wildman–Crippen MR) is 122 cm³/mol. The normalized spacial score (nSPS) is 22.8. The van der Waals surface area contributed by atoms with Crippen LogP contribution in [0, 0.1) is 11.3 Å². The van der Waals surface area contributed by atoms with Gasteiger partial charge in [0, 0.05) is 26.2 Å². The minimum Gasteiger partial charge on any atom is -0.454 e. The fourth-order valence-electron chi connectivity index (χ4n) is 4.39. The zero-order valence-corrected chi connectivity index (χ0v) is 19.7. The molecule has 0 radical (unpaired) electrons. The molecule has 2 aromatic rings. The van der Waals surface area contributed by atoms with Crippen LogP contribution in [0.2, 0.25) is 0 Å². The summed E-state index contributed by atoms with van der Waals surface area (Å²) in [6, 6.07) is 12.4. The van der Waals surface area contributed by atoms with Gasteiger partial charge in [-0.2, -0.15) is 9.57 Å². The van der Waals surface area contributed by atoms with Crippen LogP contribution in [0.25, 0.3) is 0 Å². The van der Waals surface area contributed by atoms with Crippen molar-refractivity contribution in [3.8, 4) is 17.6 Å². The third-order valence-electron chi connectivity index (χ3n) is 6.52. The molecule has 12 heteroatoms. The number of urea groups is 1. The van der Waals surface area contributed by atoms with E-state index < -0.39 is 27.5 Å². The van der Waals surface area contributed by atoms with E-state index in [4.69, 9.17) is 14.7 Å². The number of imide groups is 1. The van der Waals surface area contributed by atoms with Crippen LogP contribution in [-0.2, 0) is 20.4 Å². The Labute approximate surface area is 202 Å². The second kappa shape index (κ2) is 8.53. The van der Waals surface area contributed by atoms with Gasteiger partial charge in [0.1, 0.15) is 5.54 Å². The number of rotatable bonds is 5. The van der Waals surface area contributed by atoms with E-state index in [0.29, 0.717) is 35.7 Å². The summed E-state index contributed by atoms with van der Waals surface area (Å²) in [5.74, 6) is 0.706. The first-order chi connectivity index (χ1) is 16.7. The second-order valence-corrected chi connectivity index (χ2v) is 10.6. The number of fused-ring (bicyclic) bond motifs is 1. The zero-order chi connectivity index (χ0) is 24.8. The third kappa shape index (κ3) is 3.97. The summed E-state index contributed by atoms with van der Waals surface area (Å²) in [4.78, 5) is 29.2. The molecule has 0 spiro atoms. The largest absolute Gasteiger partial charge is 0.454 e. The lowest BCUT2D eigenvalue weighted by atomic mass is 9.92. The Morgan fingerprint density at radius 2 is 1.71 bits per heavy atom. The molecule has 2 aromatic carbocycles. The van der Waals surface area contributed by atoms with E-state index in [0.717, 1.165) is 4.90 Å².